The SMILES string of the molecule is Cc1nc(CCNc2ncnc3cc(N)ccc23)no1. The van der Waals surface area contributed by atoms with E-state index in [-0.39, 0.29) is 0 Å². The maximum atomic E-state index is 5.74. The van der Waals surface area contributed by atoms with Crippen molar-refractivity contribution in [2.24, 2.45) is 0 Å². The lowest BCUT2D eigenvalue weighted by Gasteiger charge is -2.07. The minimum atomic E-state index is 0.572. The Labute approximate surface area is 115 Å². The predicted molar refractivity (Wildman–Crippen MR) is 75.2 cm³/mol. The Bertz CT molecular complexity index is 739. The van der Waals surface area contributed by atoms with E-state index in [4.69, 9.17) is 10.3 Å². The van der Waals surface area contributed by atoms with Crippen LogP contribution >= 0.6 is 0 Å². The molecule has 0 aliphatic rings. The van der Waals surface area contributed by atoms with Gasteiger partial charge in [0, 0.05) is 31.0 Å². The Morgan fingerprint density at radius 2 is 2.20 bits per heavy atom. The average molecular weight is 270 g/mol. The summed E-state index contributed by atoms with van der Waals surface area (Å²) in [4.78, 5) is 12.6. The number of nitrogens with two attached hydrogens (primary N) is 1. The van der Waals surface area contributed by atoms with E-state index in [0.717, 1.165) is 16.7 Å². The van der Waals surface area contributed by atoms with Crippen molar-refractivity contribution >= 4 is 22.4 Å². The normalized spacial score (nSPS) is 10.8. The van der Waals surface area contributed by atoms with Gasteiger partial charge in [-0.2, -0.15) is 4.98 Å². The largest absolute Gasteiger partial charge is 0.399 e. The van der Waals surface area contributed by atoms with Crippen molar-refractivity contribution in [2.45, 2.75) is 13.3 Å². The lowest BCUT2D eigenvalue weighted by Crippen LogP contribution is -2.08. The second-order valence-corrected chi connectivity index (χ2v) is 4.41. The third-order valence-corrected chi connectivity index (χ3v) is 2.87. The molecule has 0 amide bonds. The van der Waals surface area contributed by atoms with Crippen molar-refractivity contribution in [2.75, 3.05) is 17.6 Å². The molecule has 2 aromatic heterocycles. The zero-order valence-electron chi connectivity index (χ0n) is 11.0. The number of anilines is 2. The summed E-state index contributed by atoms with van der Waals surface area (Å²) in [6, 6.07) is 5.57. The predicted octanol–water partition coefficient (Wildman–Crippen LogP) is 1.56. The summed E-state index contributed by atoms with van der Waals surface area (Å²) in [6.07, 6.45) is 2.18. The Morgan fingerprint density at radius 1 is 1.30 bits per heavy atom. The maximum Gasteiger partial charge on any atom is 0.223 e. The number of benzene rings is 1. The van der Waals surface area contributed by atoms with Crippen LogP contribution in [0.1, 0.15) is 11.7 Å². The molecule has 0 bridgehead atoms. The molecule has 0 fully saturated rings. The maximum absolute atomic E-state index is 5.74. The van der Waals surface area contributed by atoms with Crippen molar-refractivity contribution in [3.05, 3.63) is 36.2 Å². The molecule has 7 nitrogen and oxygen atoms in total. The van der Waals surface area contributed by atoms with E-state index in [0.29, 0.717) is 30.4 Å². The molecular weight excluding hydrogens is 256 g/mol. The van der Waals surface area contributed by atoms with Gasteiger partial charge < -0.3 is 15.6 Å². The van der Waals surface area contributed by atoms with Gasteiger partial charge in [0.05, 0.1) is 5.52 Å². The van der Waals surface area contributed by atoms with Crippen LogP contribution in [0.5, 0.6) is 0 Å². The quantitative estimate of drug-likeness (QED) is 0.693. The van der Waals surface area contributed by atoms with Gasteiger partial charge in [0.15, 0.2) is 5.82 Å². The molecule has 0 aliphatic heterocycles. The third-order valence-electron chi connectivity index (χ3n) is 2.87. The highest BCUT2D eigenvalue weighted by atomic mass is 16.5. The standard InChI is InChI=1S/C13H14N6O/c1-8-18-12(19-20-8)4-5-15-13-10-3-2-9(14)6-11(10)16-7-17-13/h2-3,6-7H,4-5,14H2,1H3,(H,15,16,17). The fourth-order valence-corrected chi connectivity index (χ4v) is 1.95. The first-order valence-corrected chi connectivity index (χ1v) is 6.25. The van der Waals surface area contributed by atoms with E-state index < -0.39 is 0 Å². The summed E-state index contributed by atoms with van der Waals surface area (Å²) in [5.74, 6) is 2.02. The van der Waals surface area contributed by atoms with E-state index in [9.17, 15) is 0 Å². The molecule has 3 rings (SSSR count). The van der Waals surface area contributed by atoms with Gasteiger partial charge >= 0.3 is 0 Å². The van der Waals surface area contributed by atoms with Crippen LogP contribution < -0.4 is 11.1 Å². The van der Waals surface area contributed by atoms with Crippen LogP contribution in [-0.2, 0) is 6.42 Å². The molecule has 3 aromatic rings. The lowest BCUT2D eigenvalue weighted by molar-refractivity contribution is 0.387. The number of hydrogen-bond acceptors (Lipinski definition) is 7. The number of aryl methyl sites for hydroxylation is 1. The second-order valence-electron chi connectivity index (χ2n) is 4.41. The molecule has 0 saturated heterocycles. The highest BCUT2D eigenvalue weighted by molar-refractivity contribution is 5.90. The summed E-state index contributed by atoms with van der Waals surface area (Å²) in [6.45, 7) is 2.43. The van der Waals surface area contributed by atoms with Gasteiger partial charge in [-0.15, -0.1) is 0 Å². The van der Waals surface area contributed by atoms with E-state index in [2.05, 4.69) is 25.4 Å². The molecule has 0 saturated carbocycles. The Kier molecular flexibility index (Phi) is 3.16. The average Bonchev–Trinajstić information content (AvgIpc) is 2.84. The smallest absolute Gasteiger partial charge is 0.223 e. The van der Waals surface area contributed by atoms with Crippen molar-refractivity contribution in [1.82, 2.24) is 20.1 Å². The number of nitrogens with zero attached hydrogens (tertiary/aromatic N) is 4. The van der Waals surface area contributed by atoms with E-state index in [1.54, 1.807) is 6.92 Å². The summed E-state index contributed by atoms with van der Waals surface area (Å²) in [7, 11) is 0. The van der Waals surface area contributed by atoms with Gasteiger partial charge in [0.25, 0.3) is 0 Å². The first kappa shape index (κ1) is 12.3. The molecule has 7 heteroatoms. The number of aromatic nitrogens is 4. The molecule has 0 atom stereocenters. The topological polar surface area (TPSA) is 103 Å². The first-order chi connectivity index (χ1) is 9.72. The number of fused-ring (bicyclic) bond motifs is 1. The molecule has 20 heavy (non-hydrogen) atoms. The van der Waals surface area contributed by atoms with Crippen LogP contribution in [0.2, 0.25) is 0 Å². The fourth-order valence-electron chi connectivity index (χ4n) is 1.95. The first-order valence-electron chi connectivity index (χ1n) is 6.25. The minimum Gasteiger partial charge on any atom is -0.399 e. The third kappa shape index (κ3) is 2.51. The number of hydrogen-bond donors (Lipinski definition) is 2. The van der Waals surface area contributed by atoms with Crippen molar-refractivity contribution in [3.8, 4) is 0 Å². The molecular formula is C13H14N6O. The van der Waals surface area contributed by atoms with Crippen LogP contribution in [0.25, 0.3) is 10.9 Å². The van der Waals surface area contributed by atoms with Crippen LogP contribution in [0, 0.1) is 6.92 Å². The van der Waals surface area contributed by atoms with Crippen LogP contribution in [0.4, 0.5) is 11.5 Å². The molecule has 1 aromatic carbocycles. The minimum absolute atomic E-state index is 0.572. The Balaban J connectivity index is 1.74. The van der Waals surface area contributed by atoms with E-state index in [1.165, 1.54) is 6.33 Å². The highest BCUT2D eigenvalue weighted by Gasteiger charge is 2.05. The van der Waals surface area contributed by atoms with Gasteiger partial charge in [-0.1, -0.05) is 5.16 Å². The van der Waals surface area contributed by atoms with Gasteiger partial charge in [-0.05, 0) is 18.2 Å². The van der Waals surface area contributed by atoms with E-state index >= 15 is 0 Å². The van der Waals surface area contributed by atoms with Crippen LogP contribution in [0.3, 0.4) is 0 Å². The fraction of sp³-hybridized carbons (Fsp3) is 0.231. The zero-order valence-corrected chi connectivity index (χ0v) is 11.0. The molecule has 0 aliphatic carbocycles. The van der Waals surface area contributed by atoms with Gasteiger partial charge in [-0.3, -0.25) is 0 Å². The number of nitrogens with one attached hydrogen (secondary N) is 1. The molecule has 2 heterocycles. The van der Waals surface area contributed by atoms with Gasteiger partial charge in [-0.25, -0.2) is 9.97 Å². The summed E-state index contributed by atoms with van der Waals surface area (Å²) in [5.41, 5.74) is 7.25. The van der Waals surface area contributed by atoms with Crippen molar-refractivity contribution in [3.63, 3.8) is 0 Å². The molecule has 3 N–H and O–H groups in total. The second kappa shape index (κ2) is 5.12. The van der Waals surface area contributed by atoms with Crippen molar-refractivity contribution in [1.29, 1.82) is 0 Å². The number of nitrogen functional groups attached to an aromatic ring is 1. The molecule has 102 valence electrons. The molecule has 0 spiro atoms. The summed E-state index contributed by atoms with van der Waals surface area (Å²) >= 11 is 0. The van der Waals surface area contributed by atoms with Crippen LogP contribution in [-0.4, -0.2) is 26.7 Å². The Morgan fingerprint density at radius 3 is 3.00 bits per heavy atom. The monoisotopic (exact) mass is 270 g/mol. The van der Waals surface area contributed by atoms with Gasteiger partial charge in [0.2, 0.25) is 5.89 Å². The van der Waals surface area contributed by atoms with Gasteiger partial charge in [0.1, 0.15) is 12.1 Å². The lowest BCUT2D eigenvalue weighted by atomic mass is 10.2. The molecule has 0 unspecified atom stereocenters. The van der Waals surface area contributed by atoms with Crippen molar-refractivity contribution < 1.29 is 4.52 Å². The Hall–Kier alpha value is -2.70. The molecule has 0 radical (unpaired) electrons. The summed E-state index contributed by atoms with van der Waals surface area (Å²) in [5, 5.41) is 8.03. The summed E-state index contributed by atoms with van der Waals surface area (Å²) < 4.78 is 4.92. The highest BCUT2D eigenvalue weighted by Crippen LogP contribution is 2.20. The van der Waals surface area contributed by atoms with Crippen LogP contribution in [0.15, 0.2) is 29.0 Å². The zero-order chi connectivity index (χ0) is 13.9. The van der Waals surface area contributed by atoms with E-state index in [1.807, 2.05) is 18.2 Å². The number of rotatable bonds is 4.